The van der Waals surface area contributed by atoms with E-state index >= 15 is 0 Å². The van der Waals surface area contributed by atoms with Crippen molar-refractivity contribution in [3.05, 3.63) is 69.4 Å². The van der Waals surface area contributed by atoms with Crippen molar-refractivity contribution in [2.75, 3.05) is 13.7 Å². The molecule has 0 aliphatic rings. The van der Waals surface area contributed by atoms with Gasteiger partial charge in [-0.15, -0.1) is 0 Å². The number of benzene rings is 1. The fraction of sp³-hybridized carbons (Fsp3) is 0.150. The summed E-state index contributed by atoms with van der Waals surface area (Å²) in [7, 11) is 1.15. The minimum atomic E-state index is -4.90. The highest BCUT2D eigenvalue weighted by Gasteiger charge is 2.32. The lowest BCUT2D eigenvalue weighted by molar-refractivity contribution is -0.143. The van der Waals surface area contributed by atoms with Gasteiger partial charge in [0.05, 0.1) is 23.4 Å². The Labute approximate surface area is 187 Å². The Hall–Kier alpha value is -3.80. The highest BCUT2D eigenvalue weighted by Crippen LogP contribution is 2.37. The Morgan fingerprint density at radius 2 is 1.94 bits per heavy atom. The van der Waals surface area contributed by atoms with Crippen molar-refractivity contribution in [1.82, 2.24) is 9.55 Å². The molecule has 0 fully saturated rings. The smallest absolute Gasteiger partial charge is 0.416 e. The summed E-state index contributed by atoms with van der Waals surface area (Å²) in [4.78, 5) is 27.4. The van der Waals surface area contributed by atoms with Crippen LogP contribution in [0.4, 0.5) is 17.6 Å². The normalized spacial score (nSPS) is 11.2. The van der Waals surface area contributed by atoms with Crippen molar-refractivity contribution >= 4 is 17.6 Å². The monoisotopic (exact) mass is 488 g/mol. The molecule has 2 heterocycles. The van der Waals surface area contributed by atoms with E-state index in [0.717, 1.165) is 19.2 Å². The molecule has 3 aromatic rings. The molecule has 0 saturated carbocycles. The van der Waals surface area contributed by atoms with Gasteiger partial charge >= 0.3 is 12.1 Å². The van der Waals surface area contributed by atoms with E-state index in [9.17, 15) is 32.3 Å². The molecule has 2 aromatic heterocycles. The van der Waals surface area contributed by atoms with Crippen LogP contribution >= 0.6 is 11.6 Å². The predicted octanol–water partition coefficient (Wildman–Crippen LogP) is 4.09. The number of carbonyl (C=O) groups is 1. The number of hydrogen-bond acceptors (Lipinski definition) is 7. The maximum Gasteiger partial charge on any atom is 0.416 e. The molecule has 0 aliphatic heterocycles. The van der Waals surface area contributed by atoms with E-state index in [1.165, 1.54) is 18.3 Å². The van der Waals surface area contributed by atoms with Crippen LogP contribution in [0.1, 0.15) is 5.56 Å². The van der Waals surface area contributed by atoms with E-state index in [2.05, 4.69) is 9.72 Å². The first-order valence-corrected chi connectivity index (χ1v) is 9.24. The largest absolute Gasteiger partial charge is 0.494 e. The molecule has 0 atom stereocenters. The summed E-state index contributed by atoms with van der Waals surface area (Å²) < 4.78 is 68.7. The van der Waals surface area contributed by atoms with Gasteiger partial charge in [0.2, 0.25) is 0 Å². The van der Waals surface area contributed by atoms with Crippen molar-refractivity contribution in [3.63, 3.8) is 0 Å². The number of aromatic nitrogens is 2. The lowest BCUT2D eigenvalue weighted by atomic mass is 10.2. The third-order valence-corrected chi connectivity index (χ3v) is 4.39. The molecule has 8 nitrogen and oxygen atoms in total. The second kappa shape index (κ2) is 9.36. The van der Waals surface area contributed by atoms with E-state index in [1.807, 2.05) is 0 Å². The van der Waals surface area contributed by atoms with Crippen molar-refractivity contribution in [2.45, 2.75) is 6.18 Å². The number of aromatic hydroxyl groups is 1. The van der Waals surface area contributed by atoms with Crippen LogP contribution in [-0.2, 0) is 15.7 Å². The maximum absolute atomic E-state index is 14.6. The van der Waals surface area contributed by atoms with Gasteiger partial charge in [-0.2, -0.15) is 13.2 Å². The molecule has 0 unspecified atom stereocenters. The number of carbonyl (C=O) groups excluding carboxylic acids is 1. The number of methoxy groups -OCH3 is 1. The van der Waals surface area contributed by atoms with E-state index in [1.54, 1.807) is 0 Å². The zero-order chi connectivity index (χ0) is 24.3. The maximum atomic E-state index is 14.6. The summed E-state index contributed by atoms with van der Waals surface area (Å²) >= 11 is 6.01. The molecule has 0 spiro atoms. The van der Waals surface area contributed by atoms with Crippen molar-refractivity contribution in [2.24, 2.45) is 0 Å². The molecule has 0 saturated heterocycles. The van der Waals surface area contributed by atoms with Gasteiger partial charge < -0.3 is 19.3 Å². The van der Waals surface area contributed by atoms with Gasteiger partial charge in [0, 0.05) is 24.4 Å². The molecular weight excluding hydrogens is 476 g/mol. The zero-order valence-electron chi connectivity index (χ0n) is 16.5. The summed E-state index contributed by atoms with van der Waals surface area (Å²) in [5, 5.41) is 9.72. The number of nitrogens with zero attached hydrogens (tertiary/aromatic N) is 2. The summed E-state index contributed by atoms with van der Waals surface area (Å²) in [5.74, 6) is -3.46. The van der Waals surface area contributed by atoms with Crippen molar-refractivity contribution in [1.29, 1.82) is 0 Å². The van der Waals surface area contributed by atoms with Crippen LogP contribution in [0.15, 0.2) is 47.4 Å². The summed E-state index contributed by atoms with van der Waals surface area (Å²) in [5.41, 5.74) is -3.39. The molecule has 0 aliphatic carbocycles. The van der Waals surface area contributed by atoms with Gasteiger partial charge in [-0.25, -0.2) is 18.7 Å². The van der Waals surface area contributed by atoms with E-state index in [-0.39, 0.29) is 34.5 Å². The number of rotatable bonds is 6. The summed E-state index contributed by atoms with van der Waals surface area (Å²) in [6.07, 6.45) is -3.57. The van der Waals surface area contributed by atoms with Crippen LogP contribution in [0.25, 0.3) is 5.69 Å². The molecule has 13 heteroatoms. The summed E-state index contributed by atoms with van der Waals surface area (Å²) in [6, 6.07) is 4.93. The number of esters is 1. The number of pyridine rings is 2. The minimum absolute atomic E-state index is 0.0650. The Morgan fingerprint density at radius 1 is 1.21 bits per heavy atom. The van der Waals surface area contributed by atoms with Gasteiger partial charge in [0.15, 0.2) is 18.2 Å². The van der Waals surface area contributed by atoms with E-state index in [4.69, 9.17) is 21.1 Å². The Bertz CT molecular complexity index is 1260. The first-order chi connectivity index (χ1) is 15.5. The van der Waals surface area contributed by atoms with Crippen LogP contribution < -0.4 is 15.0 Å². The van der Waals surface area contributed by atoms with Gasteiger partial charge in [-0.05, 0) is 18.2 Å². The average Bonchev–Trinajstić information content (AvgIpc) is 2.74. The highest BCUT2D eigenvalue weighted by atomic mass is 35.5. The van der Waals surface area contributed by atoms with Crippen molar-refractivity contribution < 1.29 is 41.7 Å². The zero-order valence-corrected chi connectivity index (χ0v) is 17.3. The predicted molar refractivity (Wildman–Crippen MR) is 105 cm³/mol. The van der Waals surface area contributed by atoms with Crippen LogP contribution in [0.3, 0.4) is 0 Å². The number of halogens is 5. The lowest BCUT2D eigenvalue weighted by Gasteiger charge is -2.15. The van der Waals surface area contributed by atoms with E-state index in [0.29, 0.717) is 4.57 Å². The Balaban J connectivity index is 2.03. The summed E-state index contributed by atoms with van der Waals surface area (Å²) in [6.45, 7) is -0.499. The van der Waals surface area contributed by atoms with E-state index < -0.39 is 47.3 Å². The first kappa shape index (κ1) is 23.9. The van der Waals surface area contributed by atoms with Crippen LogP contribution in [0.2, 0.25) is 5.02 Å². The van der Waals surface area contributed by atoms with Gasteiger partial charge in [0.25, 0.3) is 11.4 Å². The topological polar surface area (TPSA) is 99.9 Å². The third-order valence-electron chi connectivity index (χ3n) is 4.09. The Morgan fingerprint density at radius 3 is 2.58 bits per heavy atom. The SMILES string of the molecule is COC(=O)COc1ncccc1Oc1cc(-n2c(O)cc(C(F)(F)F)cc2=O)c(F)cc1Cl. The number of ether oxygens (including phenoxy) is 3. The number of alkyl halides is 3. The highest BCUT2D eigenvalue weighted by molar-refractivity contribution is 6.32. The van der Waals surface area contributed by atoms with Gasteiger partial charge in [0.1, 0.15) is 11.6 Å². The molecule has 0 bridgehead atoms. The molecule has 3 rings (SSSR count). The van der Waals surface area contributed by atoms with Gasteiger partial charge in [-0.3, -0.25) is 4.79 Å². The molecule has 33 heavy (non-hydrogen) atoms. The second-order valence-electron chi connectivity index (χ2n) is 6.28. The molecule has 1 aromatic carbocycles. The van der Waals surface area contributed by atoms with Crippen molar-refractivity contribution in [3.8, 4) is 28.9 Å². The second-order valence-corrected chi connectivity index (χ2v) is 6.69. The minimum Gasteiger partial charge on any atom is -0.494 e. The quantitative estimate of drug-likeness (QED) is 0.412. The third kappa shape index (κ3) is 5.34. The molecule has 0 amide bonds. The van der Waals surface area contributed by atoms with Gasteiger partial charge in [-0.1, -0.05) is 11.6 Å². The fourth-order valence-corrected chi connectivity index (χ4v) is 2.79. The number of hydrogen-bond donors (Lipinski definition) is 1. The molecular formula is C20H13ClF4N2O6. The average molecular weight is 489 g/mol. The fourth-order valence-electron chi connectivity index (χ4n) is 2.60. The van der Waals surface area contributed by atoms with Crippen LogP contribution in [-0.4, -0.2) is 34.3 Å². The Kier molecular flexibility index (Phi) is 6.77. The standard InChI is InChI=1S/C20H13ClF4N2O6/c1-31-18(30)9-32-19-14(3-2-4-26-19)33-15-8-13(12(22)7-11(15)21)27-16(28)5-10(6-17(27)29)20(23,24)25/h2-8,28H,9H2,1H3. The molecule has 0 radical (unpaired) electrons. The first-order valence-electron chi connectivity index (χ1n) is 8.86. The molecule has 1 N–H and O–H groups in total. The van der Waals surface area contributed by atoms with Crippen LogP contribution in [0, 0.1) is 5.82 Å². The van der Waals surface area contributed by atoms with Crippen LogP contribution in [0.5, 0.6) is 23.3 Å². The lowest BCUT2D eigenvalue weighted by Crippen LogP contribution is -2.21. The molecule has 174 valence electrons.